The molecule has 0 aromatic heterocycles. The average molecular weight is 281 g/mol. The summed E-state index contributed by atoms with van der Waals surface area (Å²) in [6.07, 6.45) is 1.42. The molecule has 0 heterocycles. The minimum Gasteiger partial charge on any atom is -0.469 e. The van der Waals surface area contributed by atoms with Crippen LogP contribution in [0.3, 0.4) is 0 Å². The van der Waals surface area contributed by atoms with Crippen molar-refractivity contribution in [1.82, 2.24) is 5.32 Å². The van der Waals surface area contributed by atoms with Gasteiger partial charge >= 0.3 is 5.97 Å². The standard InChI is InChI=1S/C15H20FNO3/c1-3-10-17-13(8-9-14(18)20-2)15(19)11-4-6-12(16)7-5-11/h4-7,13,17H,3,8-10H2,1-2H3. The molecule has 1 aromatic carbocycles. The van der Waals surface area contributed by atoms with Crippen molar-refractivity contribution in [3.63, 3.8) is 0 Å². The number of benzene rings is 1. The number of carbonyl (C=O) groups excluding carboxylic acids is 2. The molecule has 0 fully saturated rings. The molecule has 110 valence electrons. The molecule has 4 nitrogen and oxygen atoms in total. The number of ketones is 1. The summed E-state index contributed by atoms with van der Waals surface area (Å²) in [7, 11) is 1.32. The second-order valence-electron chi connectivity index (χ2n) is 4.49. The van der Waals surface area contributed by atoms with E-state index >= 15 is 0 Å². The molecule has 1 N–H and O–H groups in total. The maximum absolute atomic E-state index is 12.9. The Morgan fingerprint density at radius 1 is 1.30 bits per heavy atom. The Bertz CT molecular complexity index is 445. The van der Waals surface area contributed by atoms with Crippen LogP contribution >= 0.6 is 0 Å². The third-order valence-corrected chi connectivity index (χ3v) is 2.95. The van der Waals surface area contributed by atoms with Crippen LogP contribution in [0.5, 0.6) is 0 Å². The first-order valence-electron chi connectivity index (χ1n) is 6.68. The summed E-state index contributed by atoms with van der Waals surface area (Å²) in [5.74, 6) is -0.864. The molecule has 1 unspecified atom stereocenters. The predicted octanol–water partition coefficient (Wildman–Crippen LogP) is 2.33. The number of Topliss-reactive ketones (excluding diaryl/α,β-unsaturated/α-hetero) is 1. The first kappa shape index (κ1) is 16.3. The number of ether oxygens (including phenoxy) is 1. The Kier molecular flexibility index (Phi) is 6.87. The number of methoxy groups -OCH3 is 1. The fourth-order valence-corrected chi connectivity index (χ4v) is 1.82. The molecule has 0 aliphatic carbocycles. The maximum Gasteiger partial charge on any atom is 0.305 e. The Hall–Kier alpha value is -1.75. The summed E-state index contributed by atoms with van der Waals surface area (Å²) >= 11 is 0. The Labute approximate surface area is 118 Å². The van der Waals surface area contributed by atoms with Crippen LogP contribution in [0, 0.1) is 5.82 Å². The van der Waals surface area contributed by atoms with E-state index in [1.165, 1.54) is 31.4 Å². The van der Waals surface area contributed by atoms with E-state index in [0.29, 0.717) is 18.5 Å². The van der Waals surface area contributed by atoms with Crippen molar-refractivity contribution in [3.8, 4) is 0 Å². The Morgan fingerprint density at radius 3 is 2.50 bits per heavy atom. The topological polar surface area (TPSA) is 55.4 Å². The van der Waals surface area contributed by atoms with Crippen LogP contribution in [-0.4, -0.2) is 31.4 Å². The SMILES string of the molecule is CCCNC(CCC(=O)OC)C(=O)c1ccc(F)cc1. The van der Waals surface area contributed by atoms with E-state index in [0.717, 1.165) is 6.42 Å². The minimum atomic E-state index is -0.459. The zero-order valence-corrected chi connectivity index (χ0v) is 11.8. The van der Waals surface area contributed by atoms with Gasteiger partial charge < -0.3 is 10.1 Å². The molecule has 0 amide bonds. The summed E-state index contributed by atoms with van der Waals surface area (Å²) in [4.78, 5) is 23.5. The number of esters is 1. The van der Waals surface area contributed by atoms with Crippen molar-refractivity contribution in [1.29, 1.82) is 0 Å². The fraction of sp³-hybridized carbons (Fsp3) is 0.467. The minimum absolute atomic E-state index is 0.137. The van der Waals surface area contributed by atoms with E-state index in [1.54, 1.807) is 0 Å². The van der Waals surface area contributed by atoms with E-state index in [4.69, 9.17) is 0 Å². The number of nitrogens with one attached hydrogen (secondary N) is 1. The van der Waals surface area contributed by atoms with Gasteiger partial charge in [-0.15, -0.1) is 0 Å². The summed E-state index contributed by atoms with van der Waals surface area (Å²) in [5.41, 5.74) is 0.435. The third kappa shape index (κ3) is 5.09. The van der Waals surface area contributed by atoms with Gasteiger partial charge in [0.05, 0.1) is 13.2 Å². The first-order chi connectivity index (χ1) is 9.58. The normalized spacial score (nSPS) is 11.9. The number of hydrogen-bond donors (Lipinski definition) is 1. The van der Waals surface area contributed by atoms with Crippen LogP contribution in [0.4, 0.5) is 4.39 Å². The third-order valence-electron chi connectivity index (χ3n) is 2.95. The number of hydrogen-bond acceptors (Lipinski definition) is 4. The first-order valence-corrected chi connectivity index (χ1v) is 6.68. The quantitative estimate of drug-likeness (QED) is 0.587. The van der Waals surface area contributed by atoms with Crippen molar-refractivity contribution >= 4 is 11.8 Å². The van der Waals surface area contributed by atoms with Gasteiger partial charge in [-0.2, -0.15) is 0 Å². The monoisotopic (exact) mass is 281 g/mol. The highest BCUT2D eigenvalue weighted by Crippen LogP contribution is 2.10. The van der Waals surface area contributed by atoms with E-state index in [1.807, 2.05) is 6.92 Å². The molecule has 0 aliphatic heterocycles. The molecule has 5 heteroatoms. The van der Waals surface area contributed by atoms with Gasteiger partial charge in [0.15, 0.2) is 5.78 Å². The van der Waals surface area contributed by atoms with Crippen molar-refractivity contribution in [2.24, 2.45) is 0 Å². The lowest BCUT2D eigenvalue weighted by molar-refractivity contribution is -0.140. The van der Waals surface area contributed by atoms with Gasteiger partial charge in [0.2, 0.25) is 0 Å². The molecule has 20 heavy (non-hydrogen) atoms. The Balaban J connectivity index is 2.72. The molecule has 1 rings (SSSR count). The van der Waals surface area contributed by atoms with E-state index in [-0.39, 0.29) is 24.0 Å². The summed E-state index contributed by atoms with van der Waals surface area (Å²) in [6, 6.07) is 4.96. The van der Waals surface area contributed by atoms with Gasteiger partial charge in [-0.05, 0) is 43.7 Å². The van der Waals surface area contributed by atoms with Gasteiger partial charge in [-0.1, -0.05) is 6.92 Å². The molecule has 0 saturated carbocycles. The van der Waals surface area contributed by atoms with Crippen molar-refractivity contribution in [2.75, 3.05) is 13.7 Å². The Morgan fingerprint density at radius 2 is 1.95 bits per heavy atom. The zero-order chi connectivity index (χ0) is 15.0. The van der Waals surface area contributed by atoms with E-state index in [2.05, 4.69) is 10.1 Å². The predicted molar refractivity (Wildman–Crippen MR) is 74.1 cm³/mol. The molecule has 0 aliphatic rings. The molecule has 0 saturated heterocycles. The summed E-state index contributed by atoms with van der Waals surface area (Å²) < 4.78 is 17.4. The lowest BCUT2D eigenvalue weighted by atomic mass is 10.00. The number of rotatable bonds is 8. The second-order valence-corrected chi connectivity index (χ2v) is 4.49. The van der Waals surface area contributed by atoms with Gasteiger partial charge in [0.25, 0.3) is 0 Å². The van der Waals surface area contributed by atoms with Gasteiger partial charge in [0.1, 0.15) is 5.82 Å². The highest BCUT2D eigenvalue weighted by atomic mass is 19.1. The molecule has 0 bridgehead atoms. The van der Waals surface area contributed by atoms with Gasteiger partial charge in [-0.3, -0.25) is 9.59 Å². The van der Waals surface area contributed by atoms with Crippen molar-refractivity contribution in [2.45, 2.75) is 32.2 Å². The average Bonchev–Trinajstić information content (AvgIpc) is 2.47. The lowest BCUT2D eigenvalue weighted by Gasteiger charge is -2.17. The summed E-state index contributed by atoms with van der Waals surface area (Å²) in [6.45, 7) is 2.67. The van der Waals surface area contributed by atoms with Crippen LogP contribution in [0.1, 0.15) is 36.5 Å². The molecule has 1 atom stereocenters. The second kappa shape index (κ2) is 8.43. The van der Waals surface area contributed by atoms with Crippen molar-refractivity contribution in [3.05, 3.63) is 35.6 Å². The fourth-order valence-electron chi connectivity index (χ4n) is 1.82. The maximum atomic E-state index is 12.9. The highest BCUT2D eigenvalue weighted by Gasteiger charge is 2.20. The van der Waals surface area contributed by atoms with Crippen molar-refractivity contribution < 1.29 is 18.7 Å². The van der Waals surface area contributed by atoms with Crippen LogP contribution < -0.4 is 5.32 Å². The van der Waals surface area contributed by atoms with Crippen LogP contribution in [0.2, 0.25) is 0 Å². The molecule has 1 aromatic rings. The lowest BCUT2D eigenvalue weighted by Crippen LogP contribution is -2.37. The van der Waals surface area contributed by atoms with Crippen LogP contribution in [-0.2, 0) is 9.53 Å². The van der Waals surface area contributed by atoms with Gasteiger partial charge in [0, 0.05) is 12.0 Å². The number of halogens is 1. The van der Waals surface area contributed by atoms with E-state index in [9.17, 15) is 14.0 Å². The highest BCUT2D eigenvalue weighted by molar-refractivity contribution is 6.00. The molecular weight excluding hydrogens is 261 g/mol. The number of carbonyl (C=O) groups is 2. The smallest absolute Gasteiger partial charge is 0.305 e. The molecular formula is C15H20FNO3. The largest absolute Gasteiger partial charge is 0.469 e. The van der Waals surface area contributed by atoms with Crippen LogP contribution in [0.25, 0.3) is 0 Å². The van der Waals surface area contributed by atoms with Gasteiger partial charge in [-0.25, -0.2) is 4.39 Å². The molecule has 0 spiro atoms. The molecule has 0 radical (unpaired) electrons. The summed E-state index contributed by atoms with van der Waals surface area (Å²) in [5, 5.41) is 3.11. The van der Waals surface area contributed by atoms with E-state index < -0.39 is 6.04 Å². The zero-order valence-electron chi connectivity index (χ0n) is 11.8. The van der Waals surface area contributed by atoms with Crippen LogP contribution in [0.15, 0.2) is 24.3 Å².